The van der Waals surface area contributed by atoms with E-state index in [1.54, 1.807) is 0 Å². The lowest BCUT2D eigenvalue weighted by Crippen LogP contribution is -2.31. The molecule has 126 valence electrons. The molecule has 0 aliphatic carbocycles. The Bertz CT molecular complexity index is 633. The molecule has 23 heavy (non-hydrogen) atoms. The van der Waals surface area contributed by atoms with E-state index < -0.39 is 46.9 Å². The van der Waals surface area contributed by atoms with Crippen LogP contribution in [0.5, 0.6) is 5.75 Å². The third kappa shape index (κ3) is 4.41. The molecule has 0 fully saturated rings. The number of carbonyl (C=O) groups excluding carboxylic acids is 2. The first-order valence-electron chi connectivity index (χ1n) is 5.96. The normalized spacial score (nSPS) is 10.2. The van der Waals surface area contributed by atoms with E-state index in [2.05, 4.69) is 16.1 Å². The number of amides is 1. The topological polar surface area (TPSA) is 64.6 Å². The standard InChI is InChI=1S/C13H10F5NO4/c1-5(2)12(20)22-4-3-19-13(21)23-11-9(17)7(15)6(14)8(16)10(11)18/h1,3-4H2,2H3,(H,19,21). The van der Waals surface area contributed by atoms with Gasteiger partial charge in [-0.05, 0) is 6.92 Å². The Balaban J connectivity index is 2.65. The van der Waals surface area contributed by atoms with Crippen LogP contribution in [0, 0.1) is 29.1 Å². The van der Waals surface area contributed by atoms with Gasteiger partial charge >= 0.3 is 12.1 Å². The number of rotatable bonds is 5. The van der Waals surface area contributed by atoms with E-state index in [-0.39, 0.29) is 18.7 Å². The third-order valence-electron chi connectivity index (χ3n) is 2.32. The van der Waals surface area contributed by atoms with Crippen LogP contribution in [0.1, 0.15) is 6.92 Å². The molecule has 0 saturated carbocycles. The Labute approximate surface area is 126 Å². The van der Waals surface area contributed by atoms with Gasteiger partial charge in [0.1, 0.15) is 6.61 Å². The summed E-state index contributed by atoms with van der Waals surface area (Å²) in [5, 5.41) is 1.89. The maximum atomic E-state index is 13.2. The molecule has 0 unspecified atom stereocenters. The molecule has 1 rings (SSSR count). The first-order valence-corrected chi connectivity index (χ1v) is 5.96. The molecule has 10 heteroatoms. The minimum Gasteiger partial charge on any atom is -0.460 e. The lowest BCUT2D eigenvalue weighted by atomic mass is 10.2. The molecule has 0 radical (unpaired) electrons. The van der Waals surface area contributed by atoms with Crippen molar-refractivity contribution >= 4 is 12.1 Å². The fourth-order valence-corrected chi connectivity index (χ4v) is 1.22. The molecular weight excluding hydrogens is 329 g/mol. The summed E-state index contributed by atoms with van der Waals surface area (Å²) in [4.78, 5) is 22.2. The van der Waals surface area contributed by atoms with E-state index in [0.717, 1.165) is 0 Å². The lowest BCUT2D eigenvalue weighted by molar-refractivity contribution is -0.138. The second-order valence-corrected chi connectivity index (χ2v) is 4.13. The summed E-state index contributed by atoms with van der Waals surface area (Å²) < 4.78 is 73.7. The van der Waals surface area contributed by atoms with Crippen molar-refractivity contribution in [2.75, 3.05) is 13.2 Å². The number of benzene rings is 1. The second kappa shape index (κ2) is 7.56. The molecule has 5 nitrogen and oxygen atoms in total. The zero-order valence-electron chi connectivity index (χ0n) is 11.6. The van der Waals surface area contributed by atoms with Gasteiger partial charge in [-0.3, -0.25) is 0 Å². The van der Waals surface area contributed by atoms with Crippen LogP contribution in [-0.2, 0) is 9.53 Å². The Morgan fingerprint density at radius 1 is 1.00 bits per heavy atom. The van der Waals surface area contributed by atoms with Crippen molar-refractivity contribution in [3.8, 4) is 5.75 Å². The van der Waals surface area contributed by atoms with E-state index in [9.17, 15) is 31.5 Å². The molecule has 0 saturated heterocycles. The van der Waals surface area contributed by atoms with Crippen molar-refractivity contribution in [1.29, 1.82) is 0 Å². The summed E-state index contributed by atoms with van der Waals surface area (Å²) in [6.07, 6.45) is -1.50. The molecule has 1 aromatic rings. The largest absolute Gasteiger partial charge is 0.460 e. The van der Waals surface area contributed by atoms with Gasteiger partial charge in [-0.15, -0.1) is 0 Å². The first kappa shape index (κ1) is 18.4. The number of esters is 1. The Morgan fingerprint density at radius 2 is 1.48 bits per heavy atom. The summed E-state index contributed by atoms with van der Waals surface area (Å²) in [6, 6.07) is 0. The highest BCUT2D eigenvalue weighted by molar-refractivity contribution is 5.86. The summed E-state index contributed by atoms with van der Waals surface area (Å²) in [5.41, 5.74) is 0.106. The monoisotopic (exact) mass is 339 g/mol. The summed E-state index contributed by atoms with van der Waals surface area (Å²) >= 11 is 0. The molecule has 0 aromatic heterocycles. The summed E-state index contributed by atoms with van der Waals surface area (Å²) in [5.74, 6) is -13.9. The molecule has 1 aromatic carbocycles. The van der Waals surface area contributed by atoms with E-state index in [1.807, 2.05) is 5.32 Å². The van der Waals surface area contributed by atoms with Gasteiger partial charge in [-0.25, -0.2) is 22.8 Å². The van der Waals surface area contributed by atoms with E-state index in [4.69, 9.17) is 0 Å². The van der Waals surface area contributed by atoms with Gasteiger partial charge in [-0.1, -0.05) is 6.58 Å². The van der Waals surface area contributed by atoms with Crippen LogP contribution < -0.4 is 10.1 Å². The van der Waals surface area contributed by atoms with Crippen molar-refractivity contribution < 1.29 is 41.0 Å². The van der Waals surface area contributed by atoms with Gasteiger partial charge in [-0.2, -0.15) is 8.78 Å². The minimum atomic E-state index is -2.38. The maximum absolute atomic E-state index is 13.2. The van der Waals surface area contributed by atoms with Crippen molar-refractivity contribution in [3.63, 3.8) is 0 Å². The lowest BCUT2D eigenvalue weighted by Gasteiger charge is -2.10. The molecular formula is C13H10F5NO4. The van der Waals surface area contributed by atoms with Gasteiger partial charge in [0, 0.05) is 5.57 Å². The van der Waals surface area contributed by atoms with Gasteiger partial charge < -0.3 is 14.8 Å². The molecule has 1 amide bonds. The van der Waals surface area contributed by atoms with Crippen LogP contribution in [0.4, 0.5) is 26.7 Å². The van der Waals surface area contributed by atoms with E-state index in [1.165, 1.54) is 6.92 Å². The zero-order chi connectivity index (χ0) is 17.7. The summed E-state index contributed by atoms with van der Waals surface area (Å²) in [7, 11) is 0. The number of ether oxygens (including phenoxy) is 2. The van der Waals surface area contributed by atoms with Crippen molar-refractivity contribution in [2.24, 2.45) is 0 Å². The number of hydrogen-bond donors (Lipinski definition) is 1. The van der Waals surface area contributed by atoms with Gasteiger partial charge in [0.25, 0.3) is 0 Å². The zero-order valence-corrected chi connectivity index (χ0v) is 11.6. The first-order chi connectivity index (χ1) is 10.7. The Kier molecular flexibility index (Phi) is 6.05. The van der Waals surface area contributed by atoms with E-state index in [0.29, 0.717) is 0 Å². The Morgan fingerprint density at radius 3 is 1.96 bits per heavy atom. The highest BCUT2D eigenvalue weighted by Gasteiger charge is 2.28. The van der Waals surface area contributed by atoms with Crippen LogP contribution in [0.3, 0.4) is 0 Å². The second-order valence-electron chi connectivity index (χ2n) is 4.13. The fraction of sp³-hybridized carbons (Fsp3) is 0.231. The SMILES string of the molecule is C=C(C)C(=O)OCCNC(=O)Oc1c(F)c(F)c(F)c(F)c1F. The highest BCUT2D eigenvalue weighted by Crippen LogP contribution is 2.29. The van der Waals surface area contributed by atoms with E-state index >= 15 is 0 Å². The maximum Gasteiger partial charge on any atom is 0.412 e. The molecule has 0 aliphatic rings. The fourth-order valence-electron chi connectivity index (χ4n) is 1.22. The van der Waals surface area contributed by atoms with Crippen molar-refractivity contribution in [2.45, 2.75) is 6.92 Å². The Hall–Kier alpha value is -2.65. The van der Waals surface area contributed by atoms with Crippen LogP contribution in [0.2, 0.25) is 0 Å². The van der Waals surface area contributed by atoms with Gasteiger partial charge in [0.2, 0.25) is 34.8 Å². The van der Waals surface area contributed by atoms with Crippen molar-refractivity contribution in [3.05, 3.63) is 41.2 Å². The third-order valence-corrected chi connectivity index (χ3v) is 2.32. The van der Waals surface area contributed by atoms with Crippen LogP contribution in [-0.4, -0.2) is 25.2 Å². The van der Waals surface area contributed by atoms with Crippen molar-refractivity contribution in [1.82, 2.24) is 5.32 Å². The van der Waals surface area contributed by atoms with Gasteiger partial charge in [0.05, 0.1) is 6.54 Å². The molecule has 0 atom stereocenters. The quantitative estimate of drug-likeness (QED) is 0.224. The highest BCUT2D eigenvalue weighted by atomic mass is 19.2. The smallest absolute Gasteiger partial charge is 0.412 e. The number of nitrogens with one attached hydrogen (secondary N) is 1. The molecule has 0 aliphatic heterocycles. The molecule has 0 bridgehead atoms. The number of hydrogen-bond acceptors (Lipinski definition) is 4. The predicted molar refractivity (Wildman–Crippen MR) is 66.0 cm³/mol. The van der Waals surface area contributed by atoms with Gasteiger partial charge in [0.15, 0.2) is 0 Å². The average molecular weight is 339 g/mol. The van der Waals surface area contributed by atoms with Crippen LogP contribution >= 0.6 is 0 Å². The molecule has 0 spiro atoms. The van der Waals surface area contributed by atoms with Crippen LogP contribution in [0.25, 0.3) is 0 Å². The number of carbonyl (C=O) groups is 2. The minimum absolute atomic E-state index is 0.106. The summed E-state index contributed by atoms with van der Waals surface area (Å²) in [6.45, 7) is 4.03. The molecule has 0 heterocycles. The number of halogens is 5. The predicted octanol–water partition coefficient (Wildman–Crippen LogP) is 2.59. The molecule has 1 N–H and O–H groups in total. The van der Waals surface area contributed by atoms with Crippen LogP contribution in [0.15, 0.2) is 12.2 Å². The average Bonchev–Trinajstić information content (AvgIpc) is 2.51.